The molecule has 4 nitrogen and oxygen atoms in total. The van der Waals surface area contributed by atoms with E-state index in [9.17, 15) is 13.6 Å². The van der Waals surface area contributed by atoms with Crippen LogP contribution in [0.4, 0.5) is 13.6 Å². The molecule has 23 heavy (non-hydrogen) atoms. The van der Waals surface area contributed by atoms with Gasteiger partial charge in [-0.25, -0.2) is 13.6 Å². The minimum atomic E-state index is -0.966. The monoisotopic (exact) mass is 320 g/mol. The van der Waals surface area contributed by atoms with Gasteiger partial charge < -0.3 is 15.4 Å². The van der Waals surface area contributed by atoms with Crippen molar-refractivity contribution in [3.05, 3.63) is 65.2 Å². The predicted molar refractivity (Wildman–Crippen MR) is 83.3 cm³/mol. The molecule has 2 N–H and O–H groups in total. The van der Waals surface area contributed by atoms with E-state index in [1.807, 2.05) is 31.2 Å². The molecule has 0 saturated heterocycles. The van der Waals surface area contributed by atoms with Crippen LogP contribution >= 0.6 is 0 Å². The number of hydrogen-bond donors (Lipinski definition) is 2. The highest BCUT2D eigenvalue weighted by Gasteiger charge is 2.04. The average molecular weight is 320 g/mol. The Morgan fingerprint density at radius 2 is 1.87 bits per heavy atom. The van der Waals surface area contributed by atoms with Gasteiger partial charge in [-0.15, -0.1) is 0 Å². The summed E-state index contributed by atoms with van der Waals surface area (Å²) in [5.41, 5.74) is 2.15. The highest BCUT2D eigenvalue weighted by atomic mass is 19.2. The number of hydrogen-bond acceptors (Lipinski definition) is 2. The Balaban J connectivity index is 1.67. The number of carbonyl (C=O) groups is 1. The molecule has 0 aliphatic heterocycles. The topological polar surface area (TPSA) is 50.4 Å². The van der Waals surface area contributed by atoms with Crippen LogP contribution in [0.3, 0.4) is 0 Å². The van der Waals surface area contributed by atoms with Gasteiger partial charge in [0.2, 0.25) is 0 Å². The SMILES string of the molecule is Cc1ccccc1CNC(=O)NCCOc1ccc(F)c(F)c1. The van der Waals surface area contributed by atoms with Crippen molar-refractivity contribution in [2.45, 2.75) is 13.5 Å². The van der Waals surface area contributed by atoms with Gasteiger partial charge in [-0.3, -0.25) is 0 Å². The first kappa shape index (κ1) is 16.7. The second-order valence-electron chi connectivity index (χ2n) is 4.96. The molecule has 0 unspecified atom stereocenters. The first-order chi connectivity index (χ1) is 11.1. The van der Waals surface area contributed by atoms with Gasteiger partial charge in [0.1, 0.15) is 12.4 Å². The third-order valence-corrected chi connectivity index (χ3v) is 3.25. The van der Waals surface area contributed by atoms with Crippen molar-refractivity contribution in [3.63, 3.8) is 0 Å². The van der Waals surface area contributed by atoms with E-state index < -0.39 is 11.6 Å². The van der Waals surface area contributed by atoms with Gasteiger partial charge >= 0.3 is 6.03 Å². The zero-order valence-corrected chi connectivity index (χ0v) is 12.7. The van der Waals surface area contributed by atoms with E-state index in [0.717, 1.165) is 23.3 Å². The molecule has 2 aromatic carbocycles. The molecule has 2 aromatic rings. The number of nitrogens with one attached hydrogen (secondary N) is 2. The molecule has 0 heterocycles. The van der Waals surface area contributed by atoms with E-state index in [1.54, 1.807) is 0 Å². The number of halogens is 2. The van der Waals surface area contributed by atoms with Crippen molar-refractivity contribution in [1.29, 1.82) is 0 Å². The maximum Gasteiger partial charge on any atom is 0.315 e. The van der Waals surface area contributed by atoms with E-state index >= 15 is 0 Å². The summed E-state index contributed by atoms with van der Waals surface area (Å²) >= 11 is 0. The van der Waals surface area contributed by atoms with E-state index in [1.165, 1.54) is 6.07 Å². The van der Waals surface area contributed by atoms with E-state index in [-0.39, 0.29) is 24.9 Å². The van der Waals surface area contributed by atoms with E-state index in [2.05, 4.69) is 10.6 Å². The van der Waals surface area contributed by atoms with Crippen molar-refractivity contribution in [1.82, 2.24) is 10.6 Å². The number of carbonyl (C=O) groups excluding carboxylic acids is 1. The van der Waals surface area contributed by atoms with Crippen LogP contribution in [0, 0.1) is 18.6 Å². The van der Waals surface area contributed by atoms with E-state index in [0.29, 0.717) is 6.54 Å². The second-order valence-corrected chi connectivity index (χ2v) is 4.96. The van der Waals surface area contributed by atoms with E-state index in [4.69, 9.17) is 4.74 Å². The molecule has 0 aliphatic rings. The lowest BCUT2D eigenvalue weighted by molar-refractivity contribution is 0.236. The molecule has 0 radical (unpaired) electrons. The molecule has 6 heteroatoms. The quantitative estimate of drug-likeness (QED) is 0.803. The molecular weight excluding hydrogens is 302 g/mol. The number of amides is 2. The van der Waals surface area contributed by atoms with Crippen molar-refractivity contribution in [2.75, 3.05) is 13.2 Å². The maximum absolute atomic E-state index is 13.0. The Kier molecular flexibility index (Phi) is 5.91. The zero-order chi connectivity index (χ0) is 16.7. The molecular formula is C17H18F2N2O2. The van der Waals surface area contributed by atoms with Gasteiger partial charge in [-0.1, -0.05) is 24.3 Å². The first-order valence-corrected chi connectivity index (χ1v) is 7.20. The van der Waals surface area contributed by atoms with Crippen LogP contribution in [0.25, 0.3) is 0 Å². The molecule has 0 fully saturated rings. The number of rotatable bonds is 6. The largest absolute Gasteiger partial charge is 0.492 e. The lowest BCUT2D eigenvalue weighted by Gasteiger charge is -2.10. The maximum atomic E-state index is 13.0. The average Bonchev–Trinajstić information content (AvgIpc) is 2.54. The lowest BCUT2D eigenvalue weighted by Crippen LogP contribution is -2.37. The van der Waals surface area contributed by atoms with Crippen LogP contribution < -0.4 is 15.4 Å². The van der Waals surface area contributed by atoms with Gasteiger partial charge in [-0.2, -0.15) is 0 Å². The summed E-state index contributed by atoms with van der Waals surface area (Å²) in [7, 11) is 0. The Morgan fingerprint density at radius 3 is 2.61 bits per heavy atom. The summed E-state index contributed by atoms with van der Waals surface area (Å²) in [5, 5.41) is 5.37. The Bertz CT molecular complexity index is 677. The van der Waals surface area contributed by atoms with Crippen molar-refractivity contribution in [3.8, 4) is 5.75 Å². The minimum absolute atomic E-state index is 0.156. The van der Waals surface area contributed by atoms with Crippen molar-refractivity contribution in [2.24, 2.45) is 0 Å². The van der Waals surface area contributed by atoms with Crippen LogP contribution in [0.2, 0.25) is 0 Å². The Hall–Kier alpha value is -2.63. The predicted octanol–water partition coefficient (Wildman–Crippen LogP) is 3.15. The normalized spacial score (nSPS) is 10.2. The van der Waals surface area contributed by atoms with Gasteiger partial charge in [0.25, 0.3) is 0 Å². The summed E-state index contributed by atoms with van der Waals surface area (Å²) in [5.74, 6) is -1.68. The van der Waals surface area contributed by atoms with Crippen LogP contribution in [-0.4, -0.2) is 19.2 Å². The van der Waals surface area contributed by atoms with Crippen LogP contribution in [-0.2, 0) is 6.54 Å². The fourth-order valence-electron chi connectivity index (χ4n) is 1.95. The molecule has 0 aliphatic carbocycles. The summed E-state index contributed by atoms with van der Waals surface area (Å²) in [4.78, 5) is 11.7. The molecule has 0 spiro atoms. The molecule has 2 amide bonds. The minimum Gasteiger partial charge on any atom is -0.492 e. The highest BCUT2D eigenvalue weighted by Crippen LogP contribution is 2.14. The third kappa shape index (κ3) is 5.25. The molecule has 122 valence electrons. The lowest BCUT2D eigenvalue weighted by atomic mass is 10.1. The standard InChI is InChI=1S/C17H18F2N2O2/c1-12-4-2-3-5-13(12)11-21-17(22)20-8-9-23-14-6-7-15(18)16(19)10-14/h2-7,10H,8-9,11H2,1H3,(H2,20,21,22). The summed E-state index contributed by atoms with van der Waals surface area (Å²) in [6, 6.07) is 10.7. The Morgan fingerprint density at radius 1 is 1.09 bits per heavy atom. The second kappa shape index (κ2) is 8.12. The fraction of sp³-hybridized carbons (Fsp3) is 0.235. The van der Waals surface area contributed by atoms with Crippen molar-refractivity contribution < 1.29 is 18.3 Å². The summed E-state index contributed by atoms with van der Waals surface area (Å²) in [6.07, 6.45) is 0. The van der Waals surface area contributed by atoms with Gasteiger partial charge in [0.05, 0.1) is 6.54 Å². The number of ether oxygens (including phenoxy) is 1. The van der Waals surface area contributed by atoms with Gasteiger partial charge in [0.15, 0.2) is 11.6 Å². The number of benzene rings is 2. The first-order valence-electron chi connectivity index (χ1n) is 7.20. The smallest absolute Gasteiger partial charge is 0.315 e. The number of urea groups is 1. The van der Waals surface area contributed by atoms with Crippen LogP contribution in [0.1, 0.15) is 11.1 Å². The summed E-state index contributed by atoms with van der Waals surface area (Å²) in [6.45, 7) is 2.81. The Labute approximate surface area is 133 Å². The van der Waals surface area contributed by atoms with Crippen LogP contribution in [0.15, 0.2) is 42.5 Å². The molecule has 0 bridgehead atoms. The number of aryl methyl sites for hydroxylation is 1. The highest BCUT2D eigenvalue weighted by molar-refractivity contribution is 5.73. The molecule has 2 rings (SSSR count). The van der Waals surface area contributed by atoms with Gasteiger partial charge in [-0.05, 0) is 30.2 Å². The zero-order valence-electron chi connectivity index (χ0n) is 12.7. The fourth-order valence-corrected chi connectivity index (χ4v) is 1.95. The summed E-state index contributed by atoms with van der Waals surface area (Å²) < 4.78 is 31.0. The van der Waals surface area contributed by atoms with Gasteiger partial charge in [0, 0.05) is 12.6 Å². The molecule has 0 atom stereocenters. The molecule has 0 aromatic heterocycles. The van der Waals surface area contributed by atoms with Crippen molar-refractivity contribution >= 4 is 6.03 Å². The van der Waals surface area contributed by atoms with Crippen LogP contribution in [0.5, 0.6) is 5.75 Å². The molecule has 0 saturated carbocycles. The third-order valence-electron chi connectivity index (χ3n) is 3.25.